The summed E-state index contributed by atoms with van der Waals surface area (Å²) in [4.78, 5) is 17.7. The monoisotopic (exact) mass is 327 g/mol. The number of piperazine rings is 1. The van der Waals surface area contributed by atoms with Gasteiger partial charge in [-0.1, -0.05) is 0 Å². The second kappa shape index (κ2) is 5.96. The molecule has 0 unspecified atom stereocenters. The maximum atomic E-state index is 4.43. The zero-order valence-electron chi connectivity index (χ0n) is 12.8. The maximum Gasteiger partial charge on any atom is 0.185 e. The number of thiazole rings is 1. The lowest BCUT2D eigenvalue weighted by atomic mass is 10.3. The van der Waals surface area contributed by atoms with E-state index >= 15 is 0 Å². The molecule has 1 aliphatic rings. The van der Waals surface area contributed by atoms with Crippen molar-refractivity contribution in [3.63, 3.8) is 0 Å². The number of hydrogen-bond donors (Lipinski definition) is 0. The molecule has 1 aliphatic heterocycles. The molecule has 0 N–H and O–H groups in total. The normalized spacial score (nSPS) is 15.2. The van der Waals surface area contributed by atoms with Gasteiger partial charge in [-0.05, 0) is 13.0 Å². The molecule has 3 aromatic rings. The van der Waals surface area contributed by atoms with Gasteiger partial charge in [0.1, 0.15) is 12.1 Å². The van der Waals surface area contributed by atoms with E-state index in [9.17, 15) is 0 Å². The SMILES string of the molecule is Cc1ccn(-c2cc(N3CCN(c4nccs4)CC3)ncn2)n1. The Morgan fingerprint density at radius 1 is 1.00 bits per heavy atom. The quantitative estimate of drug-likeness (QED) is 0.730. The van der Waals surface area contributed by atoms with Gasteiger partial charge in [0.15, 0.2) is 10.9 Å². The van der Waals surface area contributed by atoms with Gasteiger partial charge in [0.05, 0.1) is 5.69 Å². The summed E-state index contributed by atoms with van der Waals surface area (Å²) in [6.45, 7) is 5.72. The van der Waals surface area contributed by atoms with Crippen LogP contribution in [0, 0.1) is 6.92 Å². The molecule has 7 nitrogen and oxygen atoms in total. The standard InChI is InChI=1S/C15H17N7S/c1-12-2-4-22(19-12)14-10-13(17-11-18-14)20-5-7-21(8-6-20)15-16-3-9-23-15/h2-4,9-11H,5-8H2,1H3. The summed E-state index contributed by atoms with van der Waals surface area (Å²) in [7, 11) is 0. The Balaban J connectivity index is 1.49. The van der Waals surface area contributed by atoms with Crippen LogP contribution in [-0.2, 0) is 0 Å². The smallest absolute Gasteiger partial charge is 0.185 e. The lowest BCUT2D eigenvalue weighted by molar-refractivity contribution is 0.644. The van der Waals surface area contributed by atoms with Crippen LogP contribution in [0.1, 0.15) is 5.69 Å². The number of aromatic nitrogens is 5. The molecule has 23 heavy (non-hydrogen) atoms. The molecule has 4 heterocycles. The summed E-state index contributed by atoms with van der Waals surface area (Å²) in [5.41, 5.74) is 0.974. The molecule has 1 saturated heterocycles. The molecule has 1 fully saturated rings. The van der Waals surface area contributed by atoms with E-state index in [1.165, 1.54) is 0 Å². The highest BCUT2D eigenvalue weighted by atomic mass is 32.1. The summed E-state index contributed by atoms with van der Waals surface area (Å²) in [6, 6.07) is 3.96. The summed E-state index contributed by atoms with van der Waals surface area (Å²) in [6.07, 6.45) is 5.38. The van der Waals surface area contributed by atoms with Crippen molar-refractivity contribution in [2.75, 3.05) is 36.0 Å². The number of nitrogens with zero attached hydrogens (tertiary/aromatic N) is 7. The first-order valence-electron chi connectivity index (χ1n) is 7.54. The Morgan fingerprint density at radius 2 is 1.78 bits per heavy atom. The number of rotatable bonds is 3. The zero-order chi connectivity index (χ0) is 15.6. The van der Waals surface area contributed by atoms with Crippen molar-refractivity contribution < 1.29 is 0 Å². The van der Waals surface area contributed by atoms with Crippen molar-refractivity contribution in [2.24, 2.45) is 0 Å². The molecule has 0 saturated carbocycles. The first-order chi connectivity index (χ1) is 11.3. The largest absolute Gasteiger partial charge is 0.353 e. The zero-order valence-corrected chi connectivity index (χ0v) is 13.6. The van der Waals surface area contributed by atoms with E-state index < -0.39 is 0 Å². The van der Waals surface area contributed by atoms with Gasteiger partial charge in [-0.3, -0.25) is 0 Å². The Morgan fingerprint density at radius 3 is 2.48 bits per heavy atom. The van der Waals surface area contributed by atoms with E-state index in [2.05, 4.69) is 29.9 Å². The van der Waals surface area contributed by atoms with Crippen molar-refractivity contribution in [3.8, 4) is 5.82 Å². The van der Waals surface area contributed by atoms with Gasteiger partial charge in [-0.25, -0.2) is 19.6 Å². The van der Waals surface area contributed by atoms with Gasteiger partial charge in [0, 0.05) is 50.0 Å². The Labute approximate surface area is 138 Å². The fourth-order valence-corrected chi connectivity index (χ4v) is 3.37. The molecule has 0 amide bonds. The molecular formula is C15H17N7S. The molecule has 4 rings (SSSR count). The third-order valence-corrected chi connectivity index (χ3v) is 4.72. The fourth-order valence-electron chi connectivity index (χ4n) is 2.68. The second-order valence-electron chi connectivity index (χ2n) is 5.42. The van der Waals surface area contributed by atoms with Crippen molar-refractivity contribution in [1.29, 1.82) is 0 Å². The molecule has 0 radical (unpaired) electrons. The van der Waals surface area contributed by atoms with Crippen LogP contribution in [0.15, 0.2) is 36.2 Å². The van der Waals surface area contributed by atoms with Crippen LogP contribution >= 0.6 is 11.3 Å². The van der Waals surface area contributed by atoms with E-state index in [1.54, 1.807) is 22.3 Å². The number of anilines is 2. The van der Waals surface area contributed by atoms with Gasteiger partial charge in [0.25, 0.3) is 0 Å². The predicted octanol–water partition coefficient (Wildman–Crippen LogP) is 1.75. The summed E-state index contributed by atoms with van der Waals surface area (Å²) >= 11 is 1.69. The van der Waals surface area contributed by atoms with Crippen LogP contribution in [-0.4, -0.2) is 50.9 Å². The van der Waals surface area contributed by atoms with E-state index in [0.717, 1.165) is 48.6 Å². The fraction of sp³-hybridized carbons (Fsp3) is 0.333. The predicted molar refractivity (Wildman–Crippen MR) is 90.4 cm³/mol. The van der Waals surface area contributed by atoms with Gasteiger partial charge >= 0.3 is 0 Å². The molecule has 0 atom stereocenters. The minimum atomic E-state index is 0.797. The van der Waals surface area contributed by atoms with Crippen molar-refractivity contribution in [1.82, 2.24) is 24.7 Å². The number of aryl methyl sites for hydroxylation is 1. The van der Waals surface area contributed by atoms with E-state index in [0.29, 0.717) is 0 Å². The summed E-state index contributed by atoms with van der Waals surface area (Å²) < 4.78 is 1.78. The van der Waals surface area contributed by atoms with Crippen LogP contribution in [0.2, 0.25) is 0 Å². The maximum absolute atomic E-state index is 4.43. The average molecular weight is 327 g/mol. The van der Waals surface area contributed by atoms with Crippen LogP contribution < -0.4 is 9.80 Å². The van der Waals surface area contributed by atoms with E-state index in [1.807, 2.05) is 36.8 Å². The lowest BCUT2D eigenvalue weighted by Gasteiger charge is -2.35. The van der Waals surface area contributed by atoms with E-state index in [-0.39, 0.29) is 0 Å². The van der Waals surface area contributed by atoms with Crippen LogP contribution in [0.5, 0.6) is 0 Å². The van der Waals surface area contributed by atoms with Crippen molar-refractivity contribution in [3.05, 3.63) is 41.9 Å². The topological polar surface area (TPSA) is 63.0 Å². The Kier molecular flexibility index (Phi) is 3.66. The van der Waals surface area contributed by atoms with Crippen LogP contribution in [0.3, 0.4) is 0 Å². The molecule has 118 valence electrons. The first kappa shape index (κ1) is 14.1. The summed E-state index contributed by atoms with van der Waals surface area (Å²) in [5.74, 6) is 1.74. The van der Waals surface area contributed by atoms with Gasteiger partial charge in [-0.15, -0.1) is 11.3 Å². The molecule has 0 aromatic carbocycles. The molecule has 0 spiro atoms. The third kappa shape index (κ3) is 2.89. The molecule has 0 bridgehead atoms. The van der Waals surface area contributed by atoms with Crippen molar-refractivity contribution >= 4 is 22.3 Å². The molecule has 0 aliphatic carbocycles. The van der Waals surface area contributed by atoms with Gasteiger partial charge in [0.2, 0.25) is 0 Å². The van der Waals surface area contributed by atoms with Crippen LogP contribution in [0.25, 0.3) is 5.82 Å². The minimum absolute atomic E-state index is 0.797. The number of hydrogen-bond acceptors (Lipinski definition) is 7. The highest BCUT2D eigenvalue weighted by molar-refractivity contribution is 7.13. The second-order valence-corrected chi connectivity index (χ2v) is 6.30. The minimum Gasteiger partial charge on any atom is -0.353 e. The Bertz CT molecular complexity index is 775. The van der Waals surface area contributed by atoms with Gasteiger partial charge < -0.3 is 9.80 Å². The molecular weight excluding hydrogens is 310 g/mol. The first-order valence-corrected chi connectivity index (χ1v) is 8.42. The van der Waals surface area contributed by atoms with Crippen LogP contribution in [0.4, 0.5) is 10.9 Å². The summed E-state index contributed by atoms with van der Waals surface area (Å²) in [5, 5.41) is 7.52. The molecule has 8 heteroatoms. The Hall–Kier alpha value is -2.48. The lowest BCUT2D eigenvalue weighted by Crippen LogP contribution is -2.46. The van der Waals surface area contributed by atoms with Gasteiger partial charge in [-0.2, -0.15) is 5.10 Å². The average Bonchev–Trinajstić information content (AvgIpc) is 3.27. The molecule has 3 aromatic heterocycles. The van der Waals surface area contributed by atoms with Crippen molar-refractivity contribution in [2.45, 2.75) is 6.92 Å². The highest BCUT2D eigenvalue weighted by Crippen LogP contribution is 2.21. The van der Waals surface area contributed by atoms with E-state index in [4.69, 9.17) is 0 Å². The highest BCUT2D eigenvalue weighted by Gasteiger charge is 2.20. The third-order valence-electron chi connectivity index (χ3n) is 3.89.